The molecular formula is C16H27N3. The average molecular weight is 261 g/mol. The van der Waals surface area contributed by atoms with Crippen LogP contribution in [0.4, 0.5) is 0 Å². The number of hydrogen-bond acceptors (Lipinski definition) is 3. The lowest BCUT2D eigenvalue weighted by Gasteiger charge is -2.34. The Morgan fingerprint density at radius 2 is 2.32 bits per heavy atom. The smallest absolute Gasteiger partial charge is 0.0416 e. The fourth-order valence-electron chi connectivity index (χ4n) is 3.22. The van der Waals surface area contributed by atoms with Gasteiger partial charge in [0.1, 0.15) is 0 Å². The van der Waals surface area contributed by atoms with Crippen LogP contribution in [0.25, 0.3) is 0 Å². The molecule has 19 heavy (non-hydrogen) atoms. The summed E-state index contributed by atoms with van der Waals surface area (Å²) in [6.07, 6.45) is 8.14. The minimum absolute atomic E-state index is 0.369. The van der Waals surface area contributed by atoms with Crippen LogP contribution in [0, 0.1) is 0 Å². The van der Waals surface area contributed by atoms with E-state index in [-0.39, 0.29) is 0 Å². The molecule has 0 bridgehead atoms. The second-order valence-corrected chi connectivity index (χ2v) is 5.87. The highest BCUT2D eigenvalue weighted by Gasteiger charge is 2.33. The molecule has 1 unspecified atom stereocenters. The maximum atomic E-state index is 4.39. The highest BCUT2D eigenvalue weighted by atomic mass is 15.2. The summed E-state index contributed by atoms with van der Waals surface area (Å²) < 4.78 is 0. The van der Waals surface area contributed by atoms with E-state index in [4.69, 9.17) is 0 Å². The predicted octanol–water partition coefficient (Wildman–Crippen LogP) is 2.48. The molecule has 0 amide bonds. The van der Waals surface area contributed by atoms with Gasteiger partial charge in [0.2, 0.25) is 0 Å². The zero-order chi connectivity index (χ0) is 13.6. The molecule has 1 fully saturated rings. The van der Waals surface area contributed by atoms with E-state index in [9.17, 15) is 0 Å². The summed E-state index contributed by atoms with van der Waals surface area (Å²) in [5.74, 6) is 0. The molecule has 2 rings (SSSR count). The summed E-state index contributed by atoms with van der Waals surface area (Å²) in [6.45, 7) is 5.72. The van der Waals surface area contributed by atoms with Crippen molar-refractivity contribution in [1.82, 2.24) is 15.2 Å². The van der Waals surface area contributed by atoms with Gasteiger partial charge in [-0.1, -0.05) is 19.4 Å². The molecule has 1 N–H and O–H groups in total. The first-order valence-corrected chi connectivity index (χ1v) is 7.58. The van der Waals surface area contributed by atoms with Crippen molar-refractivity contribution in [2.24, 2.45) is 0 Å². The molecule has 0 saturated carbocycles. The van der Waals surface area contributed by atoms with E-state index < -0.39 is 0 Å². The van der Waals surface area contributed by atoms with Crippen molar-refractivity contribution in [2.45, 2.75) is 44.6 Å². The fraction of sp³-hybridized carbons (Fsp3) is 0.688. The van der Waals surface area contributed by atoms with Crippen LogP contribution in [0.1, 0.15) is 38.3 Å². The molecule has 1 aromatic rings. The molecule has 0 aliphatic carbocycles. The number of aromatic nitrogens is 1. The molecule has 2 heterocycles. The van der Waals surface area contributed by atoms with Crippen molar-refractivity contribution in [3.05, 3.63) is 30.1 Å². The Bertz CT molecular complexity index is 358. The molecule has 0 aromatic carbocycles. The largest absolute Gasteiger partial charge is 0.310 e. The van der Waals surface area contributed by atoms with Gasteiger partial charge in [-0.05, 0) is 45.0 Å². The highest BCUT2D eigenvalue weighted by molar-refractivity contribution is 5.04. The van der Waals surface area contributed by atoms with Crippen molar-refractivity contribution < 1.29 is 0 Å². The standard InChI is InChI=1S/C16H27N3/c1-3-9-16(10-6-12-18-16)14-19(2)13-8-15-7-4-5-11-17-15/h4-5,7,11,18H,3,6,8-10,12-14H2,1-2H3. The Hall–Kier alpha value is -0.930. The molecule has 1 aromatic heterocycles. The molecule has 0 spiro atoms. The van der Waals surface area contributed by atoms with Gasteiger partial charge in [-0.25, -0.2) is 0 Å². The average Bonchev–Trinajstić information content (AvgIpc) is 2.86. The molecule has 1 saturated heterocycles. The number of pyridine rings is 1. The Morgan fingerprint density at radius 3 is 2.95 bits per heavy atom. The second-order valence-electron chi connectivity index (χ2n) is 5.87. The maximum Gasteiger partial charge on any atom is 0.0416 e. The predicted molar refractivity (Wildman–Crippen MR) is 80.3 cm³/mol. The van der Waals surface area contributed by atoms with Gasteiger partial charge in [-0.2, -0.15) is 0 Å². The van der Waals surface area contributed by atoms with Crippen LogP contribution in [-0.4, -0.2) is 42.1 Å². The van der Waals surface area contributed by atoms with Crippen molar-refractivity contribution in [1.29, 1.82) is 0 Å². The quantitative estimate of drug-likeness (QED) is 0.817. The number of hydrogen-bond donors (Lipinski definition) is 1. The molecule has 3 nitrogen and oxygen atoms in total. The van der Waals surface area contributed by atoms with E-state index in [0.29, 0.717) is 5.54 Å². The van der Waals surface area contributed by atoms with Gasteiger partial charge < -0.3 is 10.2 Å². The van der Waals surface area contributed by atoms with E-state index in [1.54, 1.807) is 0 Å². The van der Waals surface area contributed by atoms with Crippen molar-refractivity contribution in [2.75, 3.05) is 26.7 Å². The van der Waals surface area contributed by atoms with E-state index in [1.807, 2.05) is 12.3 Å². The van der Waals surface area contributed by atoms with Gasteiger partial charge in [0.25, 0.3) is 0 Å². The molecule has 3 heteroatoms. The van der Waals surface area contributed by atoms with Crippen LogP contribution in [0.3, 0.4) is 0 Å². The van der Waals surface area contributed by atoms with Crippen LogP contribution >= 0.6 is 0 Å². The van der Waals surface area contributed by atoms with E-state index in [1.165, 1.54) is 37.9 Å². The monoisotopic (exact) mass is 261 g/mol. The molecule has 1 aliphatic heterocycles. The number of rotatable bonds is 7. The van der Waals surface area contributed by atoms with Gasteiger partial charge in [0, 0.05) is 36.9 Å². The minimum Gasteiger partial charge on any atom is -0.310 e. The lowest BCUT2D eigenvalue weighted by Crippen LogP contribution is -2.49. The normalized spacial score (nSPS) is 23.1. The summed E-state index contributed by atoms with van der Waals surface area (Å²) in [7, 11) is 2.24. The Morgan fingerprint density at radius 1 is 1.42 bits per heavy atom. The molecular weight excluding hydrogens is 234 g/mol. The van der Waals surface area contributed by atoms with E-state index in [2.05, 4.69) is 41.3 Å². The number of nitrogens with zero attached hydrogens (tertiary/aromatic N) is 2. The topological polar surface area (TPSA) is 28.2 Å². The molecule has 106 valence electrons. The van der Waals surface area contributed by atoms with Crippen LogP contribution in [0.2, 0.25) is 0 Å². The lowest BCUT2D eigenvalue weighted by molar-refractivity contribution is 0.214. The van der Waals surface area contributed by atoms with Crippen molar-refractivity contribution >= 4 is 0 Å². The van der Waals surface area contributed by atoms with E-state index >= 15 is 0 Å². The summed E-state index contributed by atoms with van der Waals surface area (Å²) in [6, 6.07) is 6.16. The van der Waals surface area contributed by atoms with Gasteiger partial charge in [0.15, 0.2) is 0 Å². The van der Waals surface area contributed by atoms with Gasteiger partial charge in [-0.3, -0.25) is 4.98 Å². The summed E-state index contributed by atoms with van der Waals surface area (Å²) in [5, 5.41) is 3.74. The van der Waals surface area contributed by atoms with Gasteiger partial charge in [-0.15, -0.1) is 0 Å². The lowest BCUT2D eigenvalue weighted by atomic mass is 9.91. The Labute approximate surface area is 117 Å². The van der Waals surface area contributed by atoms with Gasteiger partial charge in [0.05, 0.1) is 0 Å². The summed E-state index contributed by atoms with van der Waals surface area (Å²) in [4.78, 5) is 6.85. The van der Waals surface area contributed by atoms with Crippen LogP contribution in [0.15, 0.2) is 24.4 Å². The summed E-state index contributed by atoms with van der Waals surface area (Å²) >= 11 is 0. The second kappa shape index (κ2) is 7.01. The minimum atomic E-state index is 0.369. The Kier molecular flexibility index (Phi) is 5.34. The Balaban J connectivity index is 1.81. The number of likely N-dealkylation sites (N-methyl/N-ethyl adjacent to an activating group) is 1. The number of nitrogens with one attached hydrogen (secondary N) is 1. The van der Waals surface area contributed by atoms with Crippen molar-refractivity contribution in [3.8, 4) is 0 Å². The SMILES string of the molecule is CCCC1(CN(C)CCc2ccccn2)CCCN1. The molecule has 0 radical (unpaired) electrons. The van der Waals surface area contributed by atoms with E-state index in [0.717, 1.165) is 19.5 Å². The third kappa shape index (κ3) is 4.29. The first-order valence-electron chi connectivity index (χ1n) is 7.58. The molecule has 1 atom stereocenters. The van der Waals surface area contributed by atoms with Crippen LogP contribution in [0.5, 0.6) is 0 Å². The van der Waals surface area contributed by atoms with Crippen molar-refractivity contribution in [3.63, 3.8) is 0 Å². The first kappa shape index (κ1) is 14.5. The zero-order valence-corrected chi connectivity index (χ0v) is 12.4. The van der Waals surface area contributed by atoms with Crippen LogP contribution in [-0.2, 0) is 6.42 Å². The third-order valence-corrected chi connectivity index (χ3v) is 4.11. The highest BCUT2D eigenvalue weighted by Crippen LogP contribution is 2.25. The molecule has 1 aliphatic rings. The summed E-state index contributed by atoms with van der Waals surface area (Å²) in [5.41, 5.74) is 1.56. The van der Waals surface area contributed by atoms with Gasteiger partial charge >= 0.3 is 0 Å². The maximum absolute atomic E-state index is 4.39. The third-order valence-electron chi connectivity index (χ3n) is 4.11. The first-order chi connectivity index (χ1) is 9.24. The fourth-order valence-corrected chi connectivity index (χ4v) is 3.22. The zero-order valence-electron chi connectivity index (χ0n) is 12.4. The van der Waals surface area contributed by atoms with Crippen LogP contribution < -0.4 is 5.32 Å².